The molecular weight excluding hydrogens is 215 g/mol. The van der Waals surface area contributed by atoms with Gasteiger partial charge in [-0.05, 0) is 43.9 Å². The van der Waals surface area contributed by atoms with E-state index in [4.69, 9.17) is 5.73 Å². The number of benzene rings is 1. The summed E-state index contributed by atoms with van der Waals surface area (Å²) in [5.41, 5.74) is 7.35. The van der Waals surface area contributed by atoms with Gasteiger partial charge in [0.15, 0.2) is 0 Å². The molecule has 1 aliphatic carbocycles. The van der Waals surface area contributed by atoms with Crippen LogP contribution in [0.15, 0.2) is 18.2 Å². The lowest BCUT2D eigenvalue weighted by Gasteiger charge is -2.25. The minimum Gasteiger partial charge on any atom is -0.366 e. The van der Waals surface area contributed by atoms with Crippen LogP contribution >= 0.6 is 0 Å². The van der Waals surface area contributed by atoms with Gasteiger partial charge in [0.1, 0.15) is 5.82 Å². The van der Waals surface area contributed by atoms with Crippen molar-refractivity contribution < 1.29 is 4.39 Å². The molecule has 1 atom stereocenters. The molecule has 17 heavy (non-hydrogen) atoms. The molecule has 94 valence electrons. The fraction of sp³-hybridized carbons (Fsp3) is 0.571. The van der Waals surface area contributed by atoms with Gasteiger partial charge in [0.05, 0.1) is 5.69 Å². The Balaban J connectivity index is 2.24. The summed E-state index contributed by atoms with van der Waals surface area (Å²) in [7, 11) is 0. The number of hydrogen-bond donors (Lipinski definition) is 1. The second kappa shape index (κ2) is 5.05. The highest BCUT2D eigenvalue weighted by Gasteiger charge is 2.30. The number of nitrogens with zero attached hydrogens (tertiary/aromatic N) is 1. The number of halogens is 1. The third kappa shape index (κ3) is 2.78. The maximum atomic E-state index is 14.1. The number of nitrogens with two attached hydrogens (primary N) is 1. The molecule has 1 saturated carbocycles. The normalized spacial score (nSPS) is 16.9. The van der Waals surface area contributed by atoms with E-state index in [1.165, 1.54) is 12.8 Å². The zero-order valence-corrected chi connectivity index (χ0v) is 10.6. The minimum atomic E-state index is -0.139. The van der Waals surface area contributed by atoms with E-state index in [0.29, 0.717) is 6.04 Å². The van der Waals surface area contributed by atoms with Gasteiger partial charge < -0.3 is 10.6 Å². The Labute approximate surface area is 103 Å². The highest BCUT2D eigenvalue weighted by Crippen LogP contribution is 2.33. The van der Waals surface area contributed by atoms with Crippen molar-refractivity contribution in [3.63, 3.8) is 0 Å². The Morgan fingerprint density at radius 2 is 2.18 bits per heavy atom. The fourth-order valence-corrected chi connectivity index (χ4v) is 2.17. The molecular formula is C14H21FN2. The molecule has 0 saturated heterocycles. The second-order valence-electron chi connectivity index (χ2n) is 4.92. The summed E-state index contributed by atoms with van der Waals surface area (Å²) >= 11 is 0. The van der Waals surface area contributed by atoms with Crippen LogP contribution in [-0.2, 0) is 0 Å². The highest BCUT2D eigenvalue weighted by atomic mass is 19.1. The standard InChI is InChI=1S/C14H21FN2/c1-3-8-17(12-5-6-12)14-7-4-11(10(2)16)9-13(14)15/h4,7,9-10,12H,3,5-6,8,16H2,1-2H3/t10-/m0/s1. The summed E-state index contributed by atoms with van der Waals surface area (Å²) in [5, 5.41) is 0. The van der Waals surface area contributed by atoms with Gasteiger partial charge in [-0.25, -0.2) is 4.39 Å². The van der Waals surface area contributed by atoms with Crippen molar-refractivity contribution >= 4 is 5.69 Å². The van der Waals surface area contributed by atoms with Gasteiger partial charge >= 0.3 is 0 Å². The zero-order chi connectivity index (χ0) is 12.4. The van der Waals surface area contributed by atoms with Crippen molar-refractivity contribution in [2.75, 3.05) is 11.4 Å². The van der Waals surface area contributed by atoms with Crippen LogP contribution in [0.4, 0.5) is 10.1 Å². The smallest absolute Gasteiger partial charge is 0.146 e. The van der Waals surface area contributed by atoms with E-state index < -0.39 is 0 Å². The van der Waals surface area contributed by atoms with Crippen LogP contribution < -0.4 is 10.6 Å². The molecule has 1 fully saturated rings. The van der Waals surface area contributed by atoms with Crippen LogP contribution in [0.5, 0.6) is 0 Å². The fourth-order valence-electron chi connectivity index (χ4n) is 2.17. The summed E-state index contributed by atoms with van der Waals surface area (Å²) in [6, 6.07) is 5.82. The molecule has 1 aromatic carbocycles. The maximum absolute atomic E-state index is 14.1. The van der Waals surface area contributed by atoms with Gasteiger partial charge in [-0.3, -0.25) is 0 Å². The van der Waals surface area contributed by atoms with Crippen molar-refractivity contribution in [1.29, 1.82) is 0 Å². The van der Waals surface area contributed by atoms with Crippen LogP contribution in [-0.4, -0.2) is 12.6 Å². The molecule has 3 heteroatoms. The topological polar surface area (TPSA) is 29.3 Å². The quantitative estimate of drug-likeness (QED) is 0.850. The first-order chi connectivity index (χ1) is 8.13. The molecule has 0 aliphatic heterocycles. The van der Waals surface area contributed by atoms with Gasteiger partial charge in [-0.2, -0.15) is 0 Å². The van der Waals surface area contributed by atoms with Crippen molar-refractivity contribution in [3.05, 3.63) is 29.6 Å². The van der Waals surface area contributed by atoms with E-state index in [1.807, 2.05) is 19.1 Å². The molecule has 2 rings (SSSR count). The highest BCUT2D eigenvalue weighted by molar-refractivity contribution is 5.51. The molecule has 0 heterocycles. The Bertz CT molecular complexity index is 386. The van der Waals surface area contributed by atoms with E-state index >= 15 is 0 Å². The Hall–Kier alpha value is -1.09. The van der Waals surface area contributed by atoms with Crippen molar-refractivity contribution in [2.45, 2.75) is 45.2 Å². The molecule has 0 aromatic heterocycles. The average molecular weight is 236 g/mol. The van der Waals surface area contributed by atoms with Gasteiger partial charge in [0.2, 0.25) is 0 Å². The van der Waals surface area contributed by atoms with E-state index in [0.717, 1.165) is 24.2 Å². The molecule has 0 spiro atoms. The lowest BCUT2D eigenvalue weighted by atomic mass is 10.1. The molecule has 1 aliphatic rings. The third-order valence-electron chi connectivity index (χ3n) is 3.26. The van der Waals surface area contributed by atoms with Gasteiger partial charge in [0.25, 0.3) is 0 Å². The first kappa shape index (κ1) is 12.4. The van der Waals surface area contributed by atoms with E-state index in [1.54, 1.807) is 6.07 Å². The van der Waals surface area contributed by atoms with Gasteiger partial charge in [-0.15, -0.1) is 0 Å². The van der Waals surface area contributed by atoms with E-state index in [9.17, 15) is 4.39 Å². The molecule has 0 unspecified atom stereocenters. The molecule has 0 bridgehead atoms. The monoisotopic (exact) mass is 236 g/mol. The molecule has 0 amide bonds. The summed E-state index contributed by atoms with van der Waals surface area (Å²) in [4.78, 5) is 2.19. The van der Waals surface area contributed by atoms with E-state index in [2.05, 4.69) is 11.8 Å². The maximum Gasteiger partial charge on any atom is 0.146 e. The Kier molecular flexibility index (Phi) is 3.67. The summed E-state index contributed by atoms with van der Waals surface area (Å²) in [5.74, 6) is -0.139. The SMILES string of the molecule is CCCN(c1ccc([C@H](C)N)cc1F)C1CC1. The Morgan fingerprint density at radius 1 is 1.47 bits per heavy atom. The summed E-state index contributed by atoms with van der Waals surface area (Å²) in [6.45, 7) is 4.93. The second-order valence-corrected chi connectivity index (χ2v) is 4.92. The van der Waals surface area contributed by atoms with Gasteiger partial charge in [-0.1, -0.05) is 13.0 Å². The van der Waals surface area contributed by atoms with Crippen molar-refractivity contribution in [2.24, 2.45) is 5.73 Å². The van der Waals surface area contributed by atoms with Crippen LogP contribution in [0.3, 0.4) is 0 Å². The Morgan fingerprint density at radius 3 is 2.65 bits per heavy atom. The summed E-state index contributed by atoms with van der Waals surface area (Å²) < 4.78 is 14.1. The lowest BCUT2D eigenvalue weighted by molar-refractivity contribution is 0.609. The average Bonchev–Trinajstić information content (AvgIpc) is 3.10. The predicted octanol–water partition coefficient (Wildman–Crippen LogP) is 3.22. The predicted molar refractivity (Wildman–Crippen MR) is 69.7 cm³/mol. The molecule has 2 N–H and O–H groups in total. The lowest BCUT2D eigenvalue weighted by Crippen LogP contribution is -2.27. The largest absolute Gasteiger partial charge is 0.366 e. The minimum absolute atomic E-state index is 0.112. The zero-order valence-electron chi connectivity index (χ0n) is 10.6. The number of anilines is 1. The molecule has 1 aromatic rings. The van der Waals surface area contributed by atoms with Crippen molar-refractivity contribution in [3.8, 4) is 0 Å². The third-order valence-corrected chi connectivity index (χ3v) is 3.26. The number of hydrogen-bond acceptors (Lipinski definition) is 2. The van der Waals surface area contributed by atoms with Crippen molar-refractivity contribution in [1.82, 2.24) is 0 Å². The molecule has 2 nitrogen and oxygen atoms in total. The molecule has 0 radical (unpaired) electrons. The van der Waals surface area contributed by atoms with E-state index in [-0.39, 0.29) is 11.9 Å². The van der Waals surface area contributed by atoms with Crippen LogP contribution in [0.25, 0.3) is 0 Å². The van der Waals surface area contributed by atoms with Crippen LogP contribution in [0.1, 0.15) is 44.7 Å². The van der Waals surface area contributed by atoms with Crippen LogP contribution in [0, 0.1) is 5.82 Å². The summed E-state index contributed by atoms with van der Waals surface area (Å²) in [6.07, 6.45) is 3.42. The van der Waals surface area contributed by atoms with Crippen LogP contribution in [0.2, 0.25) is 0 Å². The van der Waals surface area contributed by atoms with Gasteiger partial charge in [0, 0.05) is 18.6 Å². The first-order valence-corrected chi connectivity index (χ1v) is 6.45. The number of rotatable bonds is 5. The first-order valence-electron chi connectivity index (χ1n) is 6.45.